The molecule has 13 heavy (non-hydrogen) atoms. The van der Waals surface area contributed by atoms with Gasteiger partial charge in [0.2, 0.25) is 0 Å². The molecule has 1 heterocycles. The molecule has 0 radical (unpaired) electrons. The molecule has 1 rings (SSSR count). The molecule has 0 spiro atoms. The van der Waals surface area contributed by atoms with Crippen molar-refractivity contribution in [3.63, 3.8) is 0 Å². The molecule has 0 aliphatic carbocycles. The van der Waals surface area contributed by atoms with Crippen molar-refractivity contribution >= 4 is 6.29 Å². The van der Waals surface area contributed by atoms with E-state index in [1.165, 1.54) is 19.5 Å². The van der Waals surface area contributed by atoms with Crippen molar-refractivity contribution in [1.29, 1.82) is 0 Å². The Kier molecular flexibility index (Phi) is 3.25. The number of hydrogen-bond donors (Lipinski definition) is 0. The summed E-state index contributed by atoms with van der Waals surface area (Å²) >= 11 is 0. The minimum absolute atomic E-state index is 0.402. The minimum atomic E-state index is 0.402. The topological polar surface area (TPSA) is 48.4 Å². The third kappa shape index (κ3) is 1.96. The molecule has 0 fully saturated rings. The molecule has 1 aromatic rings. The van der Waals surface area contributed by atoms with E-state index < -0.39 is 0 Å². The third-order valence-electron chi connectivity index (χ3n) is 1.55. The average molecular weight is 181 g/mol. The van der Waals surface area contributed by atoms with Crippen LogP contribution in [0.25, 0.3) is 0 Å². The molecular weight excluding hydrogens is 170 g/mol. The lowest BCUT2D eigenvalue weighted by molar-refractivity contribution is 0.111. The van der Waals surface area contributed by atoms with Gasteiger partial charge in [-0.05, 0) is 6.92 Å². The summed E-state index contributed by atoms with van der Waals surface area (Å²) in [6, 6.07) is 0. The van der Waals surface area contributed by atoms with Crippen molar-refractivity contribution in [2.45, 2.75) is 6.92 Å². The SMILES string of the molecule is CCOc1cncc(OC)c1C=O. The van der Waals surface area contributed by atoms with Gasteiger partial charge in [0.25, 0.3) is 0 Å². The summed E-state index contributed by atoms with van der Waals surface area (Å²) in [5.74, 6) is 0.887. The first-order valence-electron chi connectivity index (χ1n) is 3.93. The third-order valence-corrected chi connectivity index (χ3v) is 1.55. The molecule has 4 nitrogen and oxygen atoms in total. The zero-order valence-electron chi connectivity index (χ0n) is 7.61. The highest BCUT2D eigenvalue weighted by Crippen LogP contribution is 2.24. The molecule has 0 atom stereocenters. The molecule has 0 unspecified atom stereocenters. The van der Waals surface area contributed by atoms with Crippen LogP contribution in [0.5, 0.6) is 11.5 Å². The van der Waals surface area contributed by atoms with Crippen LogP contribution in [0.4, 0.5) is 0 Å². The minimum Gasteiger partial charge on any atom is -0.494 e. The van der Waals surface area contributed by atoms with Crippen molar-refractivity contribution in [3.05, 3.63) is 18.0 Å². The number of carbonyl (C=O) groups excluding carboxylic acids is 1. The quantitative estimate of drug-likeness (QED) is 0.657. The second kappa shape index (κ2) is 4.45. The van der Waals surface area contributed by atoms with Crippen LogP contribution in [0.3, 0.4) is 0 Å². The van der Waals surface area contributed by atoms with Crippen LogP contribution in [0, 0.1) is 0 Å². The number of pyridine rings is 1. The van der Waals surface area contributed by atoms with Gasteiger partial charge in [0.1, 0.15) is 5.56 Å². The predicted molar refractivity (Wildman–Crippen MR) is 47.3 cm³/mol. The van der Waals surface area contributed by atoms with E-state index in [2.05, 4.69) is 4.98 Å². The fourth-order valence-corrected chi connectivity index (χ4v) is 0.983. The van der Waals surface area contributed by atoms with Crippen LogP contribution < -0.4 is 9.47 Å². The molecule has 1 aromatic heterocycles. The fourth-order valence-electron chi connectivity index (χ4n) is 0.983. The first-order chi connectivity index (χ1) is 6.33. The lowest BCUT2D eigenvalue weighted by Crippen LogP contribution is -1.99. The average Bonchev–Trinajstić information content (AvgIpc) is 2.18. The molecule has 0 aromatic carbocycles. The summed E-state index contributed by atoms with van der Waals surface area (Å²) in [4.78, 5) is 14.6. The highest BCUT2D eigenvalue weighted by atomic mass is 16.5. The van der Waals surface area contributed by atoms with Crippen molar-refractivity contribution in [2.24, 2.45) is 0 Å². The molecular formula is C9H11NO3. The number of carbonyl (C=O) groups is 1. The van der Waals surface area contributed by atoms with Gasteiger partial charge in [0, 0.05) is 0 Å². The van der Waals surface area contributed by atoms with Gasteiger partial charge in [-0.15, -0.1) is 0 Å². The normalized spacial score (nSPS) is 9.38. The number of nitrogens with zero attached hydrogens (tertiary/aromatic N) is 1. The van der Waals surface area contributed by atoms with Crippen molar-refractivity contribution < 1.29 is 14.3 Å². The van der Waals surface area contributed by atoms with Gasteiger partial charge in [-0.1, -0.05) is 0 Å². The van der Waals surface area contributed by atoms with Gasteiger partial charge in [-0.25, -0.2) is 0 Å². The lowest BCUT2D eigenvalue weighted by atomic mass is 10.2. The monoisotopic (exact) mass is 181 g/mol. The maximum atomic E-state index is 10.7. The molecule has 0 amide bonds. The summed E-state index contributed by atoms with van der Waals surface area (Å²) in [6.07, 6.45) is 3.67. The van der Waals surface area contributed by atoms with Crippen LogP contribution in [0.2, 0.25) is 0 Å². The number of aldehydes is 1. The highest BCUT2D eigenvalue weighted by Gasteiger charge is 2.08. The Balaban J connectivity index is 3.10. The molecule has 0 aliphatic heterocycles. The smallest absolute Gasteiger partial charge is 0.157 e. The zero-order chi connectivity index (χ0) is 9.68. The molecule has 0 N–H and O–H groups in total. The molecule has 0 saturated carbocycles. The van der Waals surface area contributed by atoms with Gasteiger partial charge in [-0.3, -0.25) is 9.78 Å². The number of ether oxygens (including phenoxy) is 2. The number of rotatable bonds is 4. The highest BCUT2D eigenvalue weighted by molar-refractivity contribution is 5.83. The van der Waals surface area contributed by atoms with Crippen LogP contribution >= 0.6 is 0 Å². The van der Waals surface area contributed by atoms with Gasteiger partial charge in [0.15, 0.2) is 17.8 Å². The second-order valence-electron chi connectivity index (χ2n) is 2.30. The summed E-state index contributed by atoms with van der Waals surface area (Å²) in [6.45, 7) is 2.34. The number of aromatic nitrogens is 1. The number of methoxy groups -OCH3 is 1. The van der Waals surface area contributed by atoms with E-state index in [1.54, 1.807) is 0 Å². The van der Waals surface area contributed by atoms with E-state index in [9.17, 15) is 4.79 Å². The standard InChI is InChI=1S/C9H11NO3/c1-3-13-9-5-10-4-8(12-2)7(9)6-11/h4-6H,3H2,1-2H3. The van der Waals surface area contributed by atoms with E-state index in [0.717, 1.165) is 0 Å². The Bertz CT molecular complexity index is 299. The zero-order valence-corrected chi connectivity index (χ0v) is 7.61. The van der Waals surface area contributed by atoms with Gasteiger partial charge < -0.3 is 9.47 Å². The summed E-state index contributed by atoms with van der Waals surface area (Å²) in [5.41, 5.74) is 0.402. The van der Waals surface area contributed by atoms with Gasteiger partial charge in [-0.2, -0.15) is 0 Å². The Morgan fingerprint density at radius 1 is 1.46 bits per heavy atom. The molecule has 0 bridgehead atoms. The summed E-state index contributed by atoms with van der Waals surface area (Å²) < 4.78 is 10.1. The second-order valence-corrected chi connectivity index (χ2v) is 2.30. The van der Waals surface area contributed by atoms with E-state index in [-0.39, 0.29) is 0 Å². The fraction of sp³-hybridized carbons (Fsp3) is 0.333. The van der Waals surface area contributed by atoms with E-state index in [1.807, 2.05) is 6.92 Å². The molecule has 0 aliphatic rings. The van der Waals surface area contributed by atoms with E-state index in [0.29, 0.717) is 30.0 Å². The van der Waals surface area contributed by atoms with Crippen LogP contribution in [-0.4, -0.2) is 25.0 Å². The predicted octanol–water partition coefficient (Wildman–Crippen LogP) is 1.30. The van der Waals surface area contributed by atoms with Crippen LogP contribution in [0.1, 0.15) is 17.3 Å². The largest absolute Gasteiger partial charge is 0.494 e. The molecule has 4 heteroatoms. The Hall–Kier alpha value is -1.58. The van der Waals surface area contributed by atoms with Gasteiger partial charge in [0.05, 0.1) is 26.1 Å². The Labute approximate surface area is 76.5 Å². The summed E-state index contributed by atoms with van der Waals surface area (Å²) in [5, 5.41) is 0. The molecule has 0 saturated heterocycles. The van der Waals surface area contributed by atoms with Crippen molar-refractivity contribution in [2.75, 3.05) is 13.7 Å². The molecule has 70 valence electrons. The first-order valence-corrected chi connectivity index (χ1v) is 3.93. The van der Waals surface area contributed by atoms with Crippen molar-refractivity contribution in [3.8, 4) is 11.5 Å². The van der Waals surface area contributed by atoms with Crippen LogP contribution in [-0.2, 0) is 0 Å². The maximum Gasteiger partial charge on any atom is 0.157 e. The van der Waals surface area contributed by atoms with Gasteiger partial charge >= 0.3 is 0 Å². The Morgan fingerprint density at radius 2 is 2.15 bits per heavy atom. The lowest BCUT2D eigenvalue weighted by Gasteiger charge is -2.08. The van der Waals surface area contributed by atoms with Crippen LogP contribution in [0.15, 0.2) is 12.4 Å². The Morgan fingerprint density at radius 3 is 2.69 bits per heavy atom. The number of hydrogen-bond acceptors (Lipinski definition) is 4. The summed E-state index contributed by atoms with van der Waals surface area (Å²) in [7, 11) is 1.49. The first kappa shape index (κ1) is 9.51. The van der Waals surface area contributed by atoms with Crippen molar-refractivity contribution in [1.82, 2.24) is 4.98 Å². The van der Waals surface area contributed by atoms with E-state index >= 15 is 0 Å². The maximum absolute atomic E-state index is 10.7. The van der Waals surface area contributed by atoms with E-state index in [4.69, 9.17) is 9.47 Å².